The van der Waals surface area contributed by atoms with Crippen LogP contribution in [0.1, 0.15) is 27.8 Å². The summed E-state index contributed by atoms with van der Waals surface area (Å²) < 4.78 is 21.0. The third-order valence-corrected chi connectivity index (χ3v) is 7.08. The Kier molecular flexibility index (Phi) is 8.13. The molecule has 0 bridgehead atoms. The van der Waals surface area contributed by atoms with Crippen LogP contribution in [0.25, 0.3) is 5.69 Å². The van der Waals surface area contributed by atoms with Crippen LogP contribution in [0.2, 0.25) is 10.0 Å². The Hall–Kier alpha value is -3.14. The number of halogens is 3. The van der Waals surface area contributed by atoms with Crippen molar-refractivity contribution < 1.29 is 14.1 Å². The number of ether oxygens (including phenoxy) is 1. The monoisotopic (exact) mass is 546 g/mol. The normalized spacial score (nSPS) is 11.9. The second kappa shape index (κ2) is 11.3. The Labute approximate surface area is 221 Å². The summed E-state index contributed by atoms with van der Waals surface area (Å²) >= 11 is 14.1. The van der Waals surface area contributed by atoms with Gasteiger partial charge in [0.05, 0.1) is 10.0 Å². The van der Waals surface area contributed by atoms with Gasteiger partial charge in [0.2, 0.25) is 6.54 Å². The van der Waals surface area contributed by atoms with Gasteiger partial charge in [-0.15, -0.1) is 10.2 Å². The van der Waals surface area contributed by atoms with Gasteiger partial charge in [-0.3, -0.25) is 14.7 Å². The van der Waals surface area contributed by atoms with Crippen LogP contribution in [0.5, 0.6) is 5.75 Å². The van der Waals surface area contributed by atoms with E-state index in [1.54, 1.807) is 35.8 Å². The molecule has 1 atom stereocenters. The molecule has 0 saturated carbocycles. The largest absolute Gasteiger partial charge is 0.486 e. The first-order valence-electron chi connectivity index (χ1n) is 10.8. The first kappa shape index (κ1) is 25.9. The smallest absolute Gasteiger partial charge is 0.220 e. The van der Waals surface area contributed by atoms with Crippen molar-refractivity contribution in [2.75, 3.05) is 6.54 Å². The van der Waals surface area contributed by atoms with Gasteiger partial charge in [0.1, 0.15) is 23.5 Å². The molecule has 0 unspecified atom stereocenters. The van der Waals surface area contributed by atoms with E-state index in [0.29, 0.717) is 28.0 Å². The van der Waals surface area contributed by atoms with E-state index in [2.05, 4.69) is 10.2 Å². The van der Waals surface area contributed by atoms with Crippen molar-refractivity contribution in [3.63, 3.8) is 0 Å². The molecule has 0 fully saturated rings. The first-order valence-corrected chi connectivity index (χ1v) is 12.5. The summed E-state index contributed by atoms with van der Waals surface area (Å²) in [5, 5.41) is 20.0. The van der Waals surface area contributed by atoms with Crippen LogP contribution in [0.4, 0.5) is 4.39 Å². The van der Waals surface area contributed by atoms with Crippen molar-refractivity contribution in [2.24, 2.45) is 0 Å². The second-order valence-electron chi connectivity index (χ2n) is 8.05. The lowest BCUT2D eigenvalue weighted by atomic mass is 10.1. The van der Waals surface area contributed by atoms with Crippen molar-refractivity contribution in [3.05, 3.63) is 109 Å². The number of hydrogen-bond acceptors (Lipinski definition) is 6. The summed E-state index contributed by atoms with van der Waals surface area (Å²) in [5.74, 6) is 0.483. The van der Waals surface area contributed by atoms with Gasteiger partial charge in [-0.05, 0) is 61.4 Å². The molecule has 0 N–H and O–H groups in total. The number of nitro groups is 1. The maximum Gasteiger partial charge on any atom is 0.220 e. The van der Waals surface area contributed by atoms with Crippen LogP contribution in [0.15, 0.2) is 65.8 Å². The van der Waals surface area contributed by atoms with Gasteiger partial charge >= 0.3 is 0 Å². The highest BCUT2D eigenvalue weighted by molar-refractivity contribution is 7.99. The van der Waals surface area contributed by atoms with Crippen molar-refractivity contribution in [3.8, 4) is 11.4 Å². The topological polar surface area (TPSA) is 83.1 Å². The zero-order chi connectivity index (χ0) is 25.8. The molecule has 1 heterocycles. The van der Waals surface area contributed by atoms with Crippen molar-refractivity contribution >= 4 is 35.0 Å². The van der Waals surface area contributed by atoms with Gasteiger partial charge in [0, 0.05) is 10.6 Å². The van der Waals surface area contributed by atoms with Crippen molar-refractivity contribution in [1.29, 1.82) is 0 Å². The van der Waals surface area contributed by atoms with Crippen molar-refractivity contribution in [2.45, 2.75) is 30.9 Å². The lowest BCUT2D eigenvalue weighted by Gasteiger charge is -2.17. The minimum Gasteiger partial charge on any atom is -0.486 e. The highest BCUT2D eigenvalue weighted by atomic mass is 35.5. The molecular weight excluding hydrogens is 526 g/mol. The molecule has 186 valence electrons. The molecule has 4 aromatic rings. The fourth-order valence-electron chi connectivity index (χ4n) is 3.52. The molecule has 0 aliphatic carbocycles. The molecule has 3 aromatic carbocycles. The van der Waals surface area contributed by atoms with Gasteiger partial charge in [-0.1, -0.05) is 64.8 Å². The predicted octanol–water partition coefficient (Wildman–Crippen LogP) is 7.02. The highest BCUT2D eigenvalue weighted by Gasteiger charge is 2.26. The zero-order valence-electron chi connectivity index (χ0n) is 19.3. The molecule has 0 spiro atoms. The van der Waals surface area contributed by atoms with Gasteiger partial charge in [-0.2, -0.15) is 0 Å². The average molecular weight is 547 g/mol. The maximum absolute atomic E-state index is 13.4. The lowest BCUT2D eigenvalue weighted by Crippen LogP contribution is -2.11. The summed E-state index contributed by atoms with van der Waals surface area (Å²) in [6.07, 6.45) is 0. The third kappa shape index (κ3) is 6.16. The van der Waals surface area contributed by atoms with E-state index in [1.165, 1.54) is 12.1 Å². The number of thioether (sulfide) groups is 1. The summed E-state index contributed by atoms with van der Waals surface area (Å²) in [7, 11) is 0. The molecule has 1 aromatic heterocycles. The predicted molar refractivity (Wildman–Crippen MR) is 138 cm³/mol. The average Bonchev–Trinajstić information content (AvgIpc) is 3.19. The van der Waals surface area contributed by atoms with E-state index in [4.69, 9.17) is 27.9 Å². The first-order chi connectivity index (χ1) is 17.2. The Morgan fingerprint density at radius 1 is 1.06 bits per heavy atom. The van der Waals surface area contributed by atoms with E-state index < -0.39 is 16.7 Å². The van der Waals surface area contributed by atoms with Gasteiger partial charge in [0.15, 0.2) is 10.9 Å². The molecule has 7 nitrogen and oxygen atoms in total. The molecular formula is C25H21Cl2FN4O3S. The second-order valence-corrected chi connectivity index (χ2v) is 10.0. The summed E-state index contributed by atoms with van der Waals surface area (Å²) in [4.78, 5) is 11.1. The standard InChI is InChI=1S/C25H21Cl2FN4O3S/c1-15-3-5-17(6-4-15)14-35-24-21(26)11-18(12-22(24)27)23(13-31(33)34)36-25-30-29-16(2)32(25)20-9-7-19(28)8-10-20/h3-12,23H,13-14H2,1-2H3/t23-/m1/s1. The van der Waals surface area contributed by atoms with Gasteiger partial charge in [-0.25, -0.2) is 4.39 Å². The maximum atomic E-state index is 13.4. The molecule has 4 rings (SSSR count). The molecule has 0 saturated heterocycles. The number of benzene rings is 3. The van der Waals surface area contributed by atoms with Crippen molar-refractivity contribution in [1.82, 2.24) is 14.8 Å². The number of hydrogen-bond donors (Lipinski definition) is 0. The van der Waals surface area contributed by atoms with Crippen LogP contribution in [-0.2, 0) is 6.61 Å². The fraction of sp³-hybridized carbons (Fsp3) is 0.200. The van der Waals surface area contributed by atoms with E-state index >= 15 is 0 Å². The number of aryl methyl sites for hydroxylation is 2. The molecule has 11 heteroatoms. The highest BCUT2D eigenvalue weighted by Crippen LogP contribution is 2.42. The summed E-state index contributed by atoms with van der Waals surface area (Å²) in [6, 6.07) is 16.9. The van der Waals surface area contributed by atoms with Crippen LogP contribution in [0, 0.1) is 29.8 Å². The molecule has 36 heavy (non-hydrogen) atoms. The van der Waals surface area contributed by atoms with E-state index in [9.17, 15) is 14.5 Å². The van der Waals surface area contributed by atoms with Crippen LogP contribution in [0.3, 0.4) is 0 Å². The fourth-order valence-corrected chi connectivity index (χ4v) is 5.29. The van der Waals surface area contributed by atoms with Crippen LogP contribution in [-0.4, -0.2) is 26.2 Å². The van der Waals surface area contributed by atoms with E-state index in [-0.39, 0.29) is 22.5 Å². The Balaban J connectivity index is 1.61. The minimum atomic E-state index is -0.677. The molecule has 0 aliphatic rings. The summed E-state index contributed by atoms with van der Waals surface area (Å²) in [6.45, 7) is 3.61. The number of rotatable bonds is 9. The minimum absolute atomic E-state index is 0.245. The molecule has 0 radical (unpaired) electrons. The number of nitrogens with zero attached hydrogens (tertiary/aromatic N) is 4. The Morgan fingerprint density at radius 2 is 1.69 bits per heavy atom. The van der Waals surface area contributed by atoms with Gasteiger partial charge < -0.3 is 4.74 Å². The quantitative estimate of drug-likeness (QED) is 0.127. The van der Waals surface area contributed by atoms with Gasteiger partial charge in [0.25, 0.3) is 0 Å². The Morgan fingerprint density at radius 3 is 2.31 bits per heavy atom. The summed E-state index contributed by atoms with van der Waals surface area (Å²) in [5.41, 5.74) is 3.27. The molecule has 0 aliphatic heterocycles. The SMILES string of the molecule is Cc1ccc(COc2c(Cl)cc([C@@H](C[N+](=O)[O-])Sc3nnc(C)n3-c3ccc(F)cc3)cc2Cl)cc1. The van der Waals surface area contributed by atoms with E-state index in [0.717, 1.165) is 22.9 Å². The Bertz CT molecular complexity index is 1360. The number of aromatic nitrogens is 3. The zero-order valence-corrected chi connectivity index (χ0v) is 21.6. The molecule has 0 amide bonds. The third-order valence-electron chi connectivity index (χ3n) is 5.34. The van der Waals surface area contributed by atoms with Crippen LogP contribution < -0.4 is 4.74 Å². The lowest BCUT2D eigenvalue weighted by molar-refractivity contribution is -0.479. The van der Waals surface area contributed by atoms with E-state index in [1.807, 2.05) is 31.2 Å². The van der Waals surface area contributed by atoms with Crippen LogP contribution >= 0.6 is 35.0 Å².